The Balaban J connectivity index is 1.62. The SMILES string of the molecule is CNC(=O)CN1CCC2(c3ccccc3)CN(c3ccccc3)CC2C1. The van der Waals surface area contributed by atoms with Gasteiger partial charge in [-0.2, -0.15) is 0 Å². The molecule has 2 aromatic rings. The van der Waals surface area contributed by atoms with Gasteiger partial charge in [0.25, 0.3) is 0 Å². The third-order valence-corrected chi connectivity index (χ3v) is 6.16. The van der Waals surface area contributed by atoms with Gasteiger partial charge < -0.3 is 10.2 Å². The van der Waals surface area contributed by atoms with Gasteiger partial charge in [-0.05, 0) is 30.7 Å². The van der Waals surface area contributed by atoms with Crippen LogP contribution >= 0.6 is 0 Å². The Morgan fingerprint density at radius 3 is 2.46 bits per heavy atom. The first-order chi connectivity index (χ1) is 12.7. The first kappa shape index (κ1) is 17.1. The molecule has 2 aliphatic heterocycles. The molecule has 2 unspecified atom stereocenters. The minimum atomic E-state index is 0.107. The Morgan fingerprint density at radius 2 is 1.77 bits per heavy atom. The number of likely N-dealkylation sites (tertiary alicyclic amines) is 1. The molecule has 4 nitrogen and oxygen atoms in total. The quantitative estimate of drug-likeness (QED) is 0.921. The highest BCUT2D eigenvalue weighted by Crippen LogP contribution is 2.46. The maximum absolute atomic E-state index is 11.8. The molecular weight excluding hydrogens is 322 g/mol. The van der Waals surface area contributed by atoms with Crippen LogP contribution in [0.5, 0.6) is 0 Å². The lowest BCUT2D eigenvalue weighted by molar-refractivity contribution is -0.122. The van der Waals surface area contributed by atoms with Crippen molar-refractivity contribution in [1.82, 2.24) is 10.2 Å². The van der Waals surface area contributed by atoms with Crippen LogP contribution in [0.25, 0.3) is 0 Å². The number of piperidine rings is 1. The molecule has 2 atom stereocenters. The number of carbonyl (C=O) groups excluding carboxylic acids is 1. The van der Waals surface area contributed by atoms with Gasteiger partial charge >= 0.3 is 0 Å². The van der Waals surface area contributed by atoms with E-state index < -0.39 is 0 Å². The van der Waals surface area contributed by atoms with Crippen LogP contribution in [0.15, 0.2) is 60.7 Å². The molecule has 0 aromatic heterocycles. The molecule has 4 rings (SSSR count). The van der Waals surface area contributed by atoms with Gasteiger partial charge in [-0.1, -0.05) is 48.5 Å². The molecule has 0 aliphatic carbocycles. The summed E-state index contributed by atoms with van der Waals surface area (Å²) < 4.78 is 0. The number of para-hydroxylation sites is 1. The van der Waals surface area contributed by atoms with E-state index >= 15 is 0 Å². The van der Waals surface area contributed by atoms with Gasteiger partial charge in [0.15, 0.2) is 0 Å². The summed E-state index contributed by atoms with van der Waals surface area (Å²) in [5.74, 6) is 0.638. The van der Waals surface area contributed by atoms with E-state index in [0.717, 1.165) is 32.6 Å². The second-order valence-corrected chi connectivity index (χ2v) is 7.59. The summed E-state index contributed by atoms with van der Waals surface area (Å²) in [4.78, 5) is 16.7. The number of hydrogen-bond donors (Lipinski definition) is 1. The Hall–Kier alpha value is -2.33. The largest absolute Gasteiger partial charge is 0.370 e. The van der Waals surface area contributed by atoms with Crippen LogP contribution in [0, 0.1) is 5.92 Å². The van der Waals surface area contributed by atoms with Gasteiger partial charge in [0, 0.05) is 43.7 Å². The highest BCUT2D eigenvalue weighted by Gasteiger charge is 2.50. The van der Waals surface area contributed by atoms with E-state index in [1.165, 1.54) is 11.3 Å². The van der Waals surface area contributed by atoms with Crippen molar-refractivity contribution in [2.45, 2.75) is 11.8 Å². The molecule has 1 N–H and O–H groups in total. The van der Waals surface area contributed by atoms with Gasteiger partial charge in [-0.25, -0.2) is 0 Å². The van der Waals surface area contributed by atoms with Crippen molar-refractivity contribution in [1.29, 1.82) is 0 Å². The second-order valence-electron chi connectivity index (χ2n) is 7.59. The molecule has 4 heteroatoms. The fourth-order valence-electron chi connectivity index (χ4n) is 4.75. The number of amides is 1. The van der Waals surface area contributed by atoms with Crippen molar-refractivity contribution in [3.05, 3.63) is 66.2 Å². The molecular formula is C22H27N3O. The van der Waals surface area contributed by atoms with Gasteiger partial charge in [0.1, 0.15) is 0 Å². The third-order valence-electron chi connectivity index (χ3n) is 6.16. The predicted octanol–water partition coefficient (Wildman–Crippen LogP) is 2.51. The van der Waals surface area contributed by atoms with Gasteiger partial charge in [-0.15, -0.1) is 0 Å². The second kappa shape index (κ2) is 7.12. The van der Waals surface area contributed by atoms with E-state index in [1.54, 1.807) is 7.05 Å². The van der Waals surface area contributed by atoms with E-state index in [0.29, 0.717) is 12.5 Å². The summed E-state index contributed by atoms with van der Waals surface area (Å²) in [6.45, 7) is 4.55. The highest BCUT2D eigenvalue weighted by molar-refractivity contribution is 5.77. The zero-order valence-corrected chi connectivity index (χ0v) is 15.4. The number of hydrogen-bond acceptors (Lipinski definition) is 3. The minimum absolute atomic E-state index is 0.107. The third kappa shape index (κ3) is 3.10. The van der Waals surface area contributed by atoms with Crippen molar-refractivity contribution in [2.24, 2.45) is 5.92 Å². The number of anilines is 1. The number of fused-ring (bicyclic) bond motifs is 1. The van der Waals surface area contributed by atoms with Crippen molar-refractivity contribution in [2.75, 3.05) is 44.7 Å². The van der Waals surface area contributed by atoms with Gasteiger partial charge in [-0.3, -0.25) is 9.69 Å². The summed E-state index contributed by atoms with van der Waals surface area (Å²) in [6, 6.07) is 21.7. The molecule has 2 aliphatic rings. The molecule has 0 bridgehead atoms. The average molecular weight is 349 g/mol. The normalized spacial score (nSPS) is 25.7. The Kier molecular flexibility index (Phi) is 4.68. The maximum Gasteiger partial charge on any atom is 0.233 e. The summed E-state index contributed by atoms with van der Waals surface area (Å²) >= 11 is 0. The summed E-state index contributed by atoms with van der Waals surface area (Å²) in [5, 5.41) is 2.76. The molecule has 0 radical (unpaired) electrons. The average Bonchev–Trinajstić information content (AvgIpc) is 3.09. The van der Waals surface area contributed by atoms with Crippen LogP contribution in [0.3, 0.4) is 0 Å². The summed E-state index contributed by atoms with van der Waals surface area (Å²) in [5.41, 5.74) is 2.93. The maximum atomic E-state index is 11.8. The van der Waals surface area contributed by atoms with E-state index in [4.69, 9.17) is 0 Å². The zero-order chi connectivity index (χ0) is 18.0. The number of rotatable bonds is 4. The molecule has 2 aromatic carbocycles. The van der Waals surface area contributed by atoms with Crippen molar-refractivity contribution in [3.8, 4) is 0 Å². The Morgan fingerprint density at radius 1 is 1.08 bits per heavy atom. The van der Waals surface area contributed by atoms with Gasteiger partial charge in [0.2, 0.25) is 5.91 Å². The topological polar surface area (TPSA) is 35.6 Å². The van der Waals surface area contributed by atoms with E-state index in [1.807, 2.05) is 0 Å². The van der Waals surface area contributed by atoms with Crippen LogP contribution < -0.4 is 10.2 Å². The number of carbonyl (C=O) groups is 1. The van der Waals surface area contributed by atoms with Crippen LogP contribution in [-0.2, 0) is 10.2 Å². The van der Waals surface area contributed by atoms with E-state index in [2.05, 4.69) is 75.8 Å². The molecule has 1 amide bonds. The lowest BCUT2D eigenvalue weighted by atomic mass is 9.68. The van der Waals surface area contributed by atoms with Crippen molar-refractivity contribution in [3.63, 3.8) is 0 Å². The fourth-order valence-corrected chi connectivity index (χ4v) is 4.75. The Bertz CT molecular complexity index is 748. The van der Waals surface area contributed by atoms with Gasteiger partial charge in [0.05, 0.1) is 6.54 Å². The zero-order valence-electron chi connectivity index (χ0n) is 15.4. The molecule has 26 heavy (non-hydrogen) atoms. The van der Waals surface area contributed by atoms with Crippen LogP contribution in [0.2, 0.25) is 0 Å². The van der Waals surface area contributed by atoms with E-state index in [-0.39, 0.29) is 11.3 Å². The number of nitrogens with zero attached hydrogens (tertiary/aromatic N) is 2. The minimum Gasteiger partial charge on any atom is -0.370 e. The summed E-state index contributed by atoms with van der Waals surface area (Å²) in [6.07, 6.45) is 1.10. The molecule has 2 heterocycles. The van der Waals surface area contributed by atoms with Crippen molar-refractivity contribution >= 4 is 11.6 Å². The standard InChI is InChI=1S/C22H27N3O/c1-23-21(26)16-24-13-12-22(18-8-4-2-5-9-18)17-25(15-19(22)14-24)20-10-6-3-7-11-20/h2-11,19H,12-17H2,1H3,(H,23,26). The lowest BCUT2D eigenvalue weighted by Gasteiger charge is -2.43. The Labute approximate surface area is 155 Å². The highest BCUT2D eigenvalue weighted by atomic mass is 16.1. The lowest BCUT2D eigenvalue weighted by Crippen LogP contribution is -2.51. The van der Waals surface area contributed by atoms with E-state index in [9.17, 15) is 4.79 Å². The first-order valence-corrected chi connectivity index (χ1v) is 9.50. The van der Waals surface area contributed by atoms with Crippen LogP contribution in [0.4, 0.5) is 5.69 Å². The number of likely N-dealkylation sites (N-methyl/N-ethyl adjacent to an activating group) is 1. The smallest absolute Gasteiger partial charge is 0.233 e. The molecule has 0 saturated carbocycles. The van der Waals surface area contributed by atoms with Crippen LogP contribution in [0.1, 0.15) is 12.0 Å². The number of benzene rings is 2. The fraction of sp³-hybridized carbons (Fsp3) is 0.409. The molecule has 2 fully saturated rings. The molecule has 0 spiro atoms. The molecule has 136 valence electrons. The molecule has 2 saturated heterocycles. The van der Waals surface area contributed by atoms with Crippen LogP contribution in [-0.4, -0.2) is 50.6 Å². The first-order valence-electron chi connectivity index (χ1n) is 9.50. The number of nitrogens with one attached hydrogen (secondary N) is 1. The monoisotopic (exact) mass is 349 g/mol. The predicted molar refractivity (Wildman–Crippen MR) is 105 cm³/mol. The van der Waals surface area contributed by atoms with Crippen molar-refractivity contribution < 1.29 is 4.79 Å². The summed E-state index contributed by atoms with van der Waals surface area (Å²) in [7, 11) is 1.72.